The number of nitrogens with zero attached hydrogens (tertiary/aromatic N) is 1. The van der Waals surface area contributed by atoms with E-state index in [1.165, 1.54) is 11.6 Å². The van der Waals surface area contributed by atoms with Gasteiger partial charge in [0.15, 0.2) is 0 Å². The largest absolute Gasteiger partial charge is 0.399 e. The SMILES string of the molecule is Nc1ccc2c(c1)CNN2CC1C=CC=C(F)C1. The highest BCUT2D eigenvalue weighted by molar-refractivity contribution is 5.61. The first-order chi connectivity index (χ1) is 8.72. The standard InChI is InChI=1S/C14H16FN3/c15-12-3-1-2-10(6-12)9-18-14-5-4-13(16)7-11(14)8-17-18/h1-5,7,10,17H,6,8-9,16H2. The van der Waals surface area contributed by atoms with E-state index in [0.29, 0.717) is 6.42 Å². The summed E-state index contributed by atoms with van der Waals surface area (Å²) in [5.74, 6) is 0.172. The molecule has 0 saturated heterocycles. The summed E-state index contributed by atoms with van der Waals surface area (Å²) < 4.78 is 13.2. The van der Waals surface area contributed by atoms with Crippen molar-refractivity contribution in [2.24, 2.45) is 5.92 Å². The summed E-state index contributed by atoms with van der Waals surface area (Å²) in [6, 6.07) is 5.90. The first-order valence-corrected chi connectivity index (χ1v) is 6.14. The monoisotopic (exact) mass is 245 g/mol. The van der Waals surface area contributed by atoms with Crippen molar-refractivity contribution < 1.29 is 4.39 Å². The van der Waals surface area contributed by atoms with Crippen LogP contribution < -0.4 is 16.2 Å². The number of hydrogen-bond acceptors (Lipinski definition) is 3. The molecule has 0 amide bonds. The van der Waals surface area contributed by atoms with E-state index < -0.39 is 0 Å². The van der Waals surface area contributed by atoms with Crippen LogP contribution in [0.2, 0.25) is 0 Å². The molecule has 1 aromatic carbocycles. The molecule has 2 aliphatic rings. The van der Waals surface area contributed by atoms with Crippen LogP contribution in [-0.4, -0.2) is 6.54 Å². The van der Waals surface area contributed by atoms with E-state index in [9.17, 15) is 4.39 Å². The Kier molecular flexibility index (Phi) is 2.80. The number of fused-ring (bicyclic) bond motifs is 1. The maximum absolute atomic E-state index is 13.2. The molecule has 3 N–H and O–H groups in total. The van der Waals surface area contributed by atoms with Crippen molar-refractivity contribution in [3.05, 3.63) is 47.8 Å². The molecule has 18 heavy (non-hydrogen) atoms. The normalized spacial score (nSPS) is 21.9. The fraction of sp³-hybridized carbons (Fsp3) is 0.286. The third-order valence-electron chi connectivity index (χ3n) is 3.39. The minimum atomic E-state index is -0.0424. The van der Waals surface area contributed by atoms with Gasteiger partial charge in [0.25, 0.3) is 0 Å². The average Bonchev–Trinajstić information content (AvgIpc) is 2.72. The number of nitrogens with two attached hydrogens (primary N) is 1. The van der Waals surface area contributed by atoms with Gasteiger partial charge in [0.2, 0.25) is 0 Å². The van der Waals surface area contributed by atoms with Gasteiger partial charge in [-0.15, -0.1) is 0 Å². The molecule has 1 heterocycles. The lowest BCUT2D eigenvalue weighted by atomic mass is 9.99. The molecule has 4 heteroatoms. The third kappa shape index (κ3) is 2.11. The summed E-state index contributed by atoms with van der Waals surface area (Å²) in [7, 11) is 0. The average molecular weight is 245 g/mol. The van der Waals surface area contributed by atoms with Crippen molar-refractivity contribution in [1.82, 2.24) is 5.43 Å². The van der Waals surface area contributed by atoms with Crippen molar-refractivity contribution in [2.75, 3.05) is 17.3 Å². The van der Waals surface area contributed by atoms with Crippen LogP contribution in [0.5, 0.6) is 0 Å². The van der Waals surface area contributed by atoms with E-state index >= 15 is 0 Å². The predicted octanol–water partition coefficient (Wildman–Crippen LogP) is 2.52. The second-order valence-corrected chi connectivity index (χ2v) is 4.80. The fourth-order valence-electron chi connectivity index (χ4n) is 2.50. The van der Waals surface area contributed by atoms with Crippen LogP contribution in [-0.2, 0) is 6.54 Å². The highest BCUT2D eigenvalue weighted by atomic mass is 19.1. The van der Waals surface area contributed by atoms with E-state index in [2.05, 4.69) is 16.5 Å². The van der Waals surface area contributed by atoms with Gasteiger partial charge in [0, 0.05) is 31.1 Å². The van der Waals surface area contributed by atoms with E-state index in [0.717, 1.165) is 24.5 Å². The molecule has 0 aromatic heterocycles. The number of halogens is 1. The van der Waals surface area contributed by atoms with E-state index in [-0.39, 0.29) is 11.7 Å². The topological polar surface area (TPSA) is 41.3 Å². The summed E-state index contributed by atoms with van der Waals surface area (Å²) in [5, 5.41) is 2.09. The smallest absolute Gasteiger partial charge is 0.101 e. The zero-order chi connectivity index (χ0) is 12.5. The van der Waals surface area contributed by atoms with Crippen LogP contribution in [0, 0.1) is 5.92 Å². The molecule has 1 atom stereocenters. The van der Waals surface area contributed by atoms with Crippen LogP contribution in [0.15, 0.2) is 42.3 Å². The zero-order valence-electron chi connectivity index (χ0n) is 10.1. The fourth-order valence-corrected chi connectivity index (χ4v) is 2.50. The second kappa shape index (κ2) is 4.46. The quantitative estimate of drug-likeness (QED) is 0.787. The van der Waals surface area contributed by atoms with E-state index in [1.54, 1.807) is 6.08 Å². The molecule has 1 unspecified atom stereocenters. The Morgan fingerprint density at radius 2 is 2.33 bits per heavy atom. The summed E-state index contributed by atoms with van der Waals surface area (Å²) in [4.78, 5) is 0. The molecule has 0 radical (unpaired) electrons. The lowest BCUT2D eigenvalue weighted by Gasteiger charge is -2.24. The lowest BCUT2D eigenvalue weighted by molar-refractivity contribution is 0.493. The molecule has 0 fully saturated rings. The number of hydrazine groups is 1. The molecular formula is C14H16FN3. The highest BCUT2D eigenvalue weighted by Gasteiger charge is 2.22. The van der Waals surface area contributed by atoms with Gasteiger partial charge >= 0.3 is 0 Å². The second-order valence-electron chi connectivity index (χ2n) is 4.80. The van der Waals surface area contributed by atoms with E-state index in [4.69, 9.17) is 5.73 Å². The van der Waals surface area contributed by atoms with E-state index in [1.807, 2.05) is 18.2 Å². The van der Waals surface area contributed by atoms with Gasteiger partial charge in [-0.05, 0) is 29.8 Å². The number of anilines is 2. The minimum Gasteiger partial charge on any atom is -0.399 e. The maximum Gasteiger partial charge on any atom is 0.101 e. The highest BCUT2D eigenvalue weighted by Crippen LogP contribution is 2.29. The molecule has 94 valence electrons. The summed E-state index contributed by atoms with van der Waals surface area (Å²) in [6.45, 7) is 1.56. The number of nitrogen functional groups attached to an aromatic ring is 1. The molecule has 1 aliphatic carbocycles. The van der Waals surface area contributed by atoms with Crippen LogP contribution >= 0.6 is 0 Å². The Bertz CT molecular complexity index is 522. The number of nitrogens with one attached hydrogen (secondary N) is 1. The number of hydrogen-bond donors (Lipinski definition) is 2. The molecule has 1 aromatic rings. The Labute approximate surface area is 106 Å². The number of rotatable bonds is 2. The lowest BCUT2D eigenvalue weighted by Crippen LogP contribution is -2.36. The third-order valence-corrected chi connectivity index (χ3v) is 3.39. The van der Waals surface area contributed by atoms with Gasteiger partial charge in [-0.2, -0.15) is 0 Å². The van der Waals surface area contributed by atoms with Gasteiger partial charge in [0.1, 0.15) is 5.83 Å². The molecule has 3 nitrogen and oxygen atoms in total. The van der Waals surface area contributed by atoms with Crippen molar-refractivity contribution in [2.45, 2.75) is 13.0 Å². The van der Waals surface area contributed by atoms with Crippen molar-refractivity contribution in [3.8, 4) is 0 Å². The van der Waals surface area contributed by atoms with Crippen LogP contribution in [0.1, 0.15) is 12.0 Å². The molecule has 1 aliphatic heterocycles. The zero-order valence-corrected chi connectivity index (χ0v) is 10.1. The minimum absolute atomic E-state index is 0.0424. The molecule has 3 rings (SSSR count). The Morgan fingerprint density at radius 1 is 1.44 bits per heavy atom. The first kappa shape index (κ1) is 11.3. The van der Waals surface area contributed by atoms with Crippen molar-refractivity contribution >= 4 is 11.4 Å². The maximum atomic E-state index is 13.2. The van der Waals surface area contributed by atoms with Gasteiger partial charge in [0.05, 0.1) is 5.69 Å². The van der Waals surface area contributed by atoms with Crippen LogP contribution in [0.25, 0.3) is 0 Å². The molecule has 0 saturated carbocycles. The Hall–Kier alpha value is -1.81. The van der Waals surface area contributed by atoms with Gasteiger partial charge < -0.3 is 10.7 Å². The van der Waals surface area contributed by atoms with Crippen LogP contribution in [0.3, 0.4) is 0 Å². The van der Waals surface area contributed by atoms with Gasteiger partial charge in [-0.3, -0.25) is 0 Å². The summed E-state index contributed by atoms with van der Waals surface area (Å²) in [6.07, 6.45) is 5.87. The predicted molar refractivity (Wildman–Crippen MR) is 71.5 cm³/mol. The Morgan fingerprint density at radius 3 is 3.17 bits per heavy atom. The molecular weight excluding hydrogens is 229 g/mol. The number of benzene rings is 1. The van der Waals surface area contributed by atoms with Gasteiger partial charge in [-0.1, -0.05) is 12.2 Å². The number of allylic oxidation sites excluding steroid dienone is 3. The first-order valence-electron chi connectivity index (χ1n) is 6.14. The molecule has 0 spiro atoms. The summed E-state index contributed by atoms with van der Waals surface area (Å²) in [5.41, 5.74) is 12.2. The summed E-state index contributed by atoms with van der Waals surface area (Å²) >= 11 is 0. The van der Waals surface area contributed by atoms with Crippen molar-refractivity contribution in [3.63, 3.8) is 0 Å². The van der Waals surface area contributed by atoms with Crippen LogP contribution in [0.4, 0.5) is 15.8 Å². The Balaban J connectivity index is 1.73. The van der Waals surface area contributed by atoms with Gasteiger partial charge in [-0.25, -0.2) is 9.82 Å². The molecule has 0 bridgehead atoms. The van der Waals surface area contributed by atoms with Crippen molar-refractivity contribution in [1.29, 1.82) is 0 Å².